The maximum absolute atomic E-state index is 12.7. The molecule has 0 aromatic heterocycles. The Hall–Kier alpha value is -1.56. The number of benzene rings is 1. The molecule has 19 heavy (non-hydrogen) atoms. The van der Waals surface area contributed by atoms with Crippen LogP contribution in [-0.2, 0) is 11.3 Å². The number of hydrogen-bond donors (Lipinski definition) is 0. The van der Waals surface area contributed by atoms with Crippen LogP contribution in [0.2, 0.25) is 0 Å². The van der Waals surface area contributed by atoms with E-state index in [0.29, 0.717) is 5.75 Å². The first-order valence-corrected chi connectivity index (χ1v) is 5.80. The molecule has 3 atom stereocenters. The summed E-state index contributed by atoms with van der Waals surface area (Å²) in [6, 6.07) is 4.08. The van der Waals surface area contributed by atoms with Crippen LogP contribution in [0.5, 0.6) is 5.75 Å². The molecule has 1 aliphatic heterocycles. The monoisotopic (exact) mass is 273 g/mol. The summed E-state index contributed by atoms with van der Waals surface area (Å²) < 4.78 is 43.1. The zero-order chi connectivity index (χ0) is 14.2. The summed E-state index contributed by atoms with van der Waals surface area (Å²) in [6.45, 7) is 1.30. The molecule has 1 aromatic carbocycles. The van der Waals surface area contributed by atoms with E-state index in [4.69, 9.17) is 4.74 Å². The summed E-state index contributed by atoms with van der Waals surface area (Å²) in [5.41, 5.74) is 0.721. The van der Waals surface area contributed by atoms with E-state index in [1.165, 1.54) is 14.0 Å². The van der Waals surface area contributed by atoms with Crippen molar-refractivity contribution in [3.8, 4) is 5.75 Å². The number of methoxy groups -OCH3 is 1. The predicted octanol–water partition coefficient (Wildman–Crippen LogP) is 2.40. The van der Waals surface area contributed by atoms with Crippen LogP contribution >= 0.6 is 0 Å². The molecule has 0 spiro atoms. The van der Waals surface area contributed by atoms with Crippen molar-refractivity contribution < 1.29 is 22.7 Å². The minimum absolute atomic E-state index is 0.110. The molecule has 0 N–H and O–H groups in total. The minimum atomic E-state index is -4.36. The molecule has 1 aromatic rings. The number of ketones is 1. The third kappa shape index (κ3) is 2.89. The Morgan fingerprint density at radius 2 is 1.89 bits per heavy atom. The Balaban J connectivity index is 2.08. The first-order chi connectivity index (χ1) is 8.84. The molecule has 2 rings (SSSR count). The van der Waals surface area contributed by atoms with Gasteiger partial charge >= 0.3 is 6.18 Å². The van der Waals surface area contributed by atoms with Crippen molar-refractivity contribution in [3.63, 3.8) is 0 Å². The molecular formula is C13H14F3NO2. The molecular weight excluding hydrogens is 259 g/mol. The van der Waals surface area contributed by atoms with Crippen LogP contribution in [0.4, 0.5) is 13.2 Å². The van der Waals surface area contributed by atoms with Gasteiger partial charge in [-0.3, -0.25) is 9.69 Å². The number of hydrogen-bond acceptors (Lipinski definition) is 3. The van der Waals surface area contributed by atoms with Crippen LogP contribution in [0.15, 0.2) is 24.3 Å². The van der Waals surface area contributed by atoms with E-state index in [0.717, 1.165) is 10.5 Å². The molecule has 1 unspecified atom stereocenters. The fourth-order valence-corrected chi connectivity index (χ4v) is 2.24. The standard InChI is InChI=1S/C13H14F3NO2/c1-8(18)11-12(13(14,15)16)17(11)7-9-3-5-10(19-2)6-4-9/h3-6,11-12H,7H2,1-2H3/t11-,12-,17?/m0/s1. The smallest absolute Gasteiger partial charge is 0.406 e. The molecule has 104 valence electrons. The Labute approximate surface area is 109 Å². The summed E-state index contributed by atoms with van der Waals surface area (Å²) in [5, 5.41) is 0. The number of rotatable bonds is 4. The number of carbonyl (C=O) groups is 1. The van der Waals surface area contributed by atoms with Crippen molar-refractivity contribution >= 4 is 5.78 Å². The van der Waals surface area contributed by atoms with E-state index < -0.39 is 24.0 Å². The van der Waals surface area contributed by atoms with Gasteiger partial charge in [0.25, 0.3) is 0 Å². The normalized spacial score (nSPS) is 26.1. The van der Waals surface area contributed by atoms with Gasteiger partial charge in [-0.1, -0.05) is 12.1 Å². The highest BCUT2D eigenvalue weighted by molar-refractivity contribution is 5.85. The molecule has 6 heteroatoms. The van der Waals surface area contributed by atoms with Crippen molar-refractivity contribution in [1.29, 1.82) is 0 Å². The van der Waals surface area contributed by atoms with Gasteiger partial charge < -0.3 is 4.74 Å². The lowest BCUT2D eigenvalue weighted by Gasteiger charge is -2.07. The summed E-state index contributed by atoms with van der Waals surface area (Å²) in [6.07, 6.45) is -4.36. The lowest BCUT2D eigenvalue weighted by atomic mass is 10.2. The first-order valence-electron chi connectivity index (χ1n) is 5.80. The number of ether oxygens (including phenoxy) is 1. The van der Waals surface area contributed by atoms with Crippen molar-refractivity contribution in [2.24, 2.45) is 0 Å². The van der Waals surface area contributed by atoms with E-state index in [1.807, 2.05) is 0 Å². The average Bonchev–Trinajstić information content (AvgIpc) is 3.04. The molecule has 0 saturated carbocycles. The van der Waals surface area contributed by atoms with Crippen LogP contribution in [0.3, 0.4) is 0 Å². The number of Topliss-reactive ketones (excluding diaryl/α,β-unsaturated/α-hetero) is 1. The van der Waals surface area contributed by atoms with Gasteiger partial charge in [0, 0.05) is 6.54 Å². The number of alkyl halides is 3. The number of carbonyl (C=O) groups excluding carboxylic acids is 1. The van der Waals surface area contributed by atoms with Crippen LogP contribution < -0.4 is 4.74 Å². The fourth-order valence-electron chi connectivity index (χ4n) is 2.24. The molecule has 1 aliphatic rings. The van der Waals surface area contributed by atoms with Crippen LogP contribution in [0.1, 0.15) is 12.5 Å². The lowest BCUT2D eigenvalue weighted by Crippen LogP contribution is -2.22. The van der Waals surface area contributed by atoms with Gasteiger partial charge in [0.05, 0.1) is 13.2 Å². The molecule has 1 saturated heterocycles. The third-order valence-electron chi connectivity index (χ3n) is 3.20. The second kappa shape index (κ2) is 4.85. The van der Waals surface area contributed by atoms with Gasteiger partial charge in [0.2, 0.25) is 0 Å². The van der Waals surface area contributed by atoms with Gasteiger partial charge in [-0.05, 0) is 24.6 Å². The first kappa shape index (κ1) is 13.9. The van der Waals surface area contributed by atoms with Crippen molar-refractivity contribution in [2.45, 2.75) is 31.7 Å². The molecule has 0 bridgehead atoms. The summed E-state index contributed by atoms with van der Waals surface area (Å²) >= 11 is 0. The van der Waals surface area contributed by atoms with Gasteiger partial charge in [-0.25, -0.2) is 0 Å². The molecule has 1 heterocycles. The fraction of sp³-hybridized carbons (Fsp3) is 0.462. The van der Waals surface area contributed by atoms with Crippen LogP contribution in [0.25, 0.3) is 0 Å². The summed E-state index contributed by atoms with van der Waals surface area (Å²) in [7, 11) is 1.52. The van der Waals surface area contributed by atoms with Gasteiger partial charge in [-0.15, -0.1) is 0 Å². The maximum Gasteiger partial charge on any atom is 0.406 e. The van der Waals surface area contributed by atoms with E-state index in [-0.39, 0.29) is 6.54 Å². The van der Waals surface area contributed by atoms with Crippen molar-refractivity contribution in [2.75, 3.05) is 7.11 Å². The van der Waals surface area contributed by atoms with E-state index in [2.05, 4.69) is 0 Å². The molecule has 0 radical (unpaired) electrons. The highest BCUT2D eigenvalue weighted by Gasteiger charge is 2.64. The summed E-state index contributed by atoms with van der Waals surface area (Å²) in [4.78, 5) is 12.4. The lowest BCUT2D eigenvalue weighted by molar-refractivity contribution is -0.139. The van der Waals surface area contributed by atoms with E-state index in [9.17, 15) is 18.0 Å². The Bertz CT molecular complexity index is 470. The number of nitrogens with zero attached hydrogens (tertiary/aromatic N) is 1. The van der Waals surface area contributed by atoms with Gasteiger partial charge in [-0.2, -0.15) is 13.2 Å². The Morgan fingerprint density at radius 1 is 1.32 bits per heavy atom. The Kier molecular flexibility index (Phi) is 3.54. The molecule has 0 aliphatic carbocycles. The topological polar surface area (TPSA) is 29.3 Å². The quantitative estimate of drug-likeness (QED) is 0.789. The Morgan fingerprint density at radius 3 is 2.26 bits per heavy atom. The highest BCUT2D eigenvalue weighted by Crippen LogP contribution is 2.42. The van der Waals surface area contributed by atoms with E-state index in [1.54, 1.807) is 24.3 Å². The third-order valence-corrected chi connectivity index (χ3v) is 3.20. The second-order valence-corrected chi connectivity index (χ2v) is 4.56. The SMILES string of the molecule is COc1ccc(CN2[C@H](C(F)(F)F)[C@@H]2C(C)=O)cc1. The predicted molar refractivity (Wildman–Crippen MR) is 62.8 cm³/mol. The summed E-state index contributed by atoms with van der Waals surface area (Å²) in [5.74, 6) is 0.195. The largest absolute Gasteiger partial charge is 0.497 e. The van der Waals surface area contributed by atoms with Crippen molar-refractivity contribution in [1.82, 2.24) is 4.90 Å². The molecule has 0 amide bonds. The van der Waals surface area contributed by atoms with Gasteiger partial charge in [0.15, 0.2) is 0 Å². The molecule has 1 fully saturated rings. The zero-order valence-electron chi connectivity index (χ0n) is 10.6. The average molecular weight is 273 g/mol. The minimum Gasteiger partial charge on any atom is -0.497 e. The maximum atomic E-state index is 12.7. The van der Waals surface area contributed by atoms with Crippen LogP contribution in [-0.4, -0.2) is 36.1 Å². The zero-order valence-corrected chi connectivity index (χ0v) is 10.6. The van der Waals surface area contributed by atoms with Crippen LogP contribution in [0, 0.1) is 0 Å². The van der Waals surface area contributed by atoms with E-state index >= 15 is 0 Å². The number of halogens is 3. The highest BCUT2D eigenvalue weighted by atomic mass is 19.4. The second-order valence-electron chi connectivity index (χ2n) is 4.56. The molecule has 3 nitrogen and oxygen atoms in total. The van der Waals surface area contributed by atoms with Crippen molar-refractivity contribution in [3.05, 3.63) is 29.8 Å². The van der Waals surface area contributed by atoms with Gasteiger partial charge in [0.1, 0.15) is 17.6 Å².